The molecule has 5 atom stereocenters. The maximum absolute atomic E-state index is 10.2. The second kappa shape index (κ2) is 7.80. The Morgan fingerprint density at radius 3 is 2.63 bits per heavy atom. The van der Waals surface area contributed by atoms with Gasteiger partial charge in [0.05, 0.1) is 6.10 Å². The van der Waals surface area contributed by atoms with Gasteiger partial charge in [-0.25, -0.2) is 0 Å². The number of hydrogen-bond donors (Lipinski definition) is 3. The van der Waals surface area contributed by atoms with Crippen LogP contribution in [0.15, 0.2) is 30.3 Å². The third kappa shape index (κ3) is 4.38. The van der Waals surface area contributed by atoms with E-state index in [1.807, 2.05) is 0 Å². The van der Waals surface area contributed by atoms with Crippen LogP contribution in [0, 0.1) is 11.3 Å². The van der Waals surface area contributed by atoms with Crippen molar-refractivity contribution in [2.75, 3.05) is 32.7 Å². The first-order valence-electron chi connectivity index (χ1n) is 10.6. The lowest BCUT2D eigenvalue weighted by Gasteiger charge is -2.45. The van der Waals surface area contributed by atoms with Gasteiger partial charge in [0.15, 0.2) is 0 Å². The molecule has 3 fully saturated rings. The molecule has 0 aromatic heterocycles. The monoisotopic (exact) mass is 372 g/mol. The van der Waals surface area contributed by atoms with Crippen molar-refractivity contribution in [1.29, 1.82) is 0 Å². The lowest BCUT2D eigenvalue weighted by Crippen LogP contribution is -2.58. The molecule has 0 saturated carbocycles. The van der Waals surface area contributed by atoms with Crippen molar-refractivity contribution in [2.45, 2.75) is 57.8 Å². The van der Waals surface area contributed by atoms with Crippen LogP contribution in [-0.2, 0) is 6.42 Å². The molecule has 3 aliphatic heterocycles. The van der Waals surface area contributed by atoms with Crippen LogP contribution in [0.1, 0.15) is 32.8 Å². The minimum Gasteiger partial charge on any atom is -0.392 e. The fourth-order valence-corrected chi connectivity index (χ4v) is 5.41. The van der Waals surface area contributed by atoms with E-state index in [9.17, 15) is 5.11 Å². The summed E-state index contributed by atoms with van der Waals surface area (Å²) in [5, 5.41) is 10.2. The van der Waals surface area contributed by atoms with Gasteiger partial charge in [-0.3, -0.25) is 20.7 Å². The van der Waals surface area contributed by atoms with Crippen LogP contribution in [0.3, 0.4) is 0 Å². The molecule has 5 nitrogen and oxygen atoms in total. The number of aliphatic hydroxyl groups is 1. The minimum atomic E-state index is -0.149. The van der Waals surface area contributed by atoms with Gasteiger partial charge < -0.3 is 5.11 Å². The van der Waals surface area contributed by atoms with Crippen molar-refractivity contribution in [3.05, 3.63) is 35.9 Å². The molecule has 0 spiro atoms. The quantitative estimate of drug-likeness (QED) is 0.748. The first-order chi connectivity index (χ1) is 12.9. The highest BCUT2D eigenvalue weighted by Crippen LogP contribution is 2.31. The van der Waals surface area contributed by atoms with E-state index in [2.05, 4.69) is 71.8 Å². The van der Waals surface area contributed by atoms with Crippen LogP contribution in [0.4, 0.5) is 0 Å². The molecule has 0 aliphatic carbocycles. The van der Waals surface area contributed by atoms with E-state index >= 15 is 0 Å². The molecule has 3 N–H and O–H groups in total. The normalized spacial score (nSPS) is 35.5. The number of fused-ring (bicyclic) bond motifs is 1. The Kier molecular flexibility index (Phi) is 5.59. The average Bonchev–Trinajstić information content (AvgIpc) is 3.21. The zero-order valence-electron chi connectivity index (χ0n) is 17.1. The molecule has 0 amide bonds. The Balaban J connectivity index is 1.50. The highest BCUT2D eigenvalue weighted by Gasteiger charge is 2.42. The molecule has 0 radical (unpaired) electrons. The third-order valence-corrected chi connectivity index (χ3v) is 6.72. The molecule has 4 rings (SSSR count). The Morgan fingerprint density at radius 1 is 1.11 bits per heavy atom. The van der Waals surface area contributed by atoms with Gasteiger partial charge in [0.25, 0.3) is 0 Å². The van der Waals surface area contributed by atoms with E-state index in [1.54, 1.807) is 0 Å². The SMILES string of the molecule is CC(C)(C)C1NNCC1CN1C[C@@H]2C[C@@H](O)CN2C[C@@H]1Cc1ccccc1. The summed E-state index contributed by atoms with van der Waals surface area (Å²) in [5.74, 6) is 0.612. The second-order valence-corrected chi connectivity index (χ2v) is 9.92. The molecule has 1 aromatic carbocycles. The van der Waals surface area contributed by atoms with Crippen LogP contribution in [0.25, 0.3) is 0 Å². The number of nitrogens with one attached hydrogen (secondary N) is 2. The molecular formula is C22H36N4O. The van der Waals surface area contributed by atoms with Crippen molar-refractivity contribution in [3.8, 4) is 0 Å². The number of hydrazine groups is 1. The highest BCUT2D eigenvalue weighted by molar-refractivity contribution is 5.17. The summed E-state index contributed by atoms with van der Waals surface area (Å²) in [4.78, 5) is 5.26. The summed E-state index contributed by atoms with van der Waals surface area (Å²) in [7, 11) is 0. The first kappa shape index (κ1) is 19.3. The Bertz CT molecular complexity index is 616. The average molecular weight is 373 g/mol. The van der Waals surface area contributed by atoms with Crippen LogP contribution < -0.4 is 10.9 Å². The number of aliphatic hydroxyl groups excluding tert-OH is 1. The third-order valence-electron chi connectivity index (χ3n) is 6.72. The molecule has 150 valence electrons. The van der Waals surface area contributed by atoms with Crippen molar-refractivity contribution in [2.24, 2.45) is 11.3 Å². The Morgan fingerprint density at radius 2 is 1.89 bits per heavy atom. The number of rotatable bonds is 4. The van der Waals surface area contributed by atoms with E-state index < -0.39 is 0 Å². The van der Waals surface area contributed by atoms with E-state index in [0.717, 1.165) is 45.6 Å². The van der Waals surface area contributed by atoms with Crippen LogP contribution in [0.2, 0.25) is 0 Å². The van der Waals surface area contributed by atoms with E-state index in [4.69, 9.17) is 0 Å². The number of nitrogens with zero attached hydrogens (tertiary/aromatic N) is 2. The second-order valence-electron chi connectivity index (χ2n) is 9.92. The van der Waals surface area contributed by atoms with Gasteiger partial charge in [0.2, 0.25) is 0 Å². The predicted molar refractivity (Wildman–Crippen MR) is 109 cm³/mol. The molecule has 27 heavy (non-hydrogen) atoms. The van der Waals surface area contributed by atoms with Crippen molar-refractivity contribution in [1.82, 2.24) is 20.7 Å². The molecule has 3 heterocycles. The fourth-order valence-electron chi connectivity index (χ4n) is 5.41. The summed E-state index contributed by atoms with van der Waals surface area (Å²) < 4.78 is 0. The van der Waals surface area contributed by atoms with Crippen LogP contribution in [-0.4, -0.2) is 71.9 Å². The molecule has 3 aliphatic rings. The molecular weight excluding hydrogens is 336 g/mol. The van der Waals surface area contributed by atoms with Gasteiger partial charge in [0.1, 0.15) is 0 Å². The van der Waals surface area contributed by atoms with Crippen molar-refractivity contribution < 1.29 is 5.11 Å². The lowest BCUT2D eigenvalue weighted by atomic mass is 9.79. The van der Waals surface area contributed by atoms with Gasteiger partial charge >= 0.3 is 0 Å². The summed E-state index contributed by atoms with van der Waals surface area (Å²) in [5.41, 5.74) is 8.60. The van der Waals surface area contributed by atoms with E-state index in [-0.39, 0.29) is 11.5 Å². The number of benzene rings is 1. The molecule has 0 bridgehead atoms. The standard InChI is InChI=1S/C22H36N4O/c1-22(2,3)21-17(11-23-24-21)12-25-14-19-10-20(27)15-26(19)13-18(25)9-16-7-5-4-6-8-16/h4-8,17-21,23-24,27H,9-15H2,1-3H3/t17?,18-,19-,20+,21?/m0/s1. The van der Waals surface area contributed by atoms with Gasteiger partial charge in [-0.05, 0) is 23.8 Å². The number of piperazine rings is 1. The minimum absolute atomic E-state index is 0.149. The predicted octanol–water partition coefficient (Wildman–Crippen LogP) is 1.49. The first-order valence-corrected chi connectivity index (χ1v) is 10.6. The van der Waals surface area contributed by atoms with Gasteiger partial charge in [-0.2, -0.15) is 0 Å². The van der Waals surface area contributed by atoms with Crippen molar-refractivity contribution >= 4 is 0 Å². The summed E-state index contributed by atoms with van der Waals surface area (Å²) >= 11 is 0. The zero-order valence-corrected chi connectivity index (χ0v) is 17.1. The van der Waals surface area contributed by atoms with Crippen LogP contribution >= 0.6 is 0 Å². The smallest absolute Gasteiger partial charge is 0.0682 e. The Hall–Kier alpha value is -0.980. The van der Waals surface area contributed by atoms with Gasteiger partial charge in [-0.15, -0.1) is 0 Å². The molecule has 5 heteroatoms. The maximum atomic E-state index is 10.2. The largest absolute Gasteiger partial charge is 0.392 e. The van der Waals surface area contributed by atoms with Gasteiger partial charge in [0, 0.05) is 56.8 Å². The van der Waals surface area contributed by atoms with Gasteiger partial charge in [-0.1, -0.05) is 51.1 Å². The number of hydrogen-bond acceptors (Lipinski definition) is 5. The van der Waals surface area contributed by atoms with Crippen LogP contribution in [0.5, 0.6) is 0 Å². The fraction of sp³-hybridized carbons (Fsp3) is 0.727. The maximum Gasteiger partial charge on any atom is 0.0682 e. The zero-order chi connectivity index (χ0) is 19.0. The van der Waals surface area contributed by atoms with E-state index in [0.29, 0.717) is 24.0 Å². The van der Waals surface area contributed by atoms with E-state index in [1.165, 1.54) is 5.56 Å². The Labute approximate surface area is 164 Å². The van der Waals surface area contributed by atoms with Crippen molar-refractivity contribution in [3.63, 3.8) is 0 Å². The summed E-state index contributed by atoms with van der Waals surface area (Å²) in [6.45, 7) is 12.2. The topological polar surface area (TPSA) is 50.8 Å². The summed E-state index contributed by atoms with van der Waals surface area (Å²) in [6, 6.07) is 12.4. The molecule has 3 saturated heterocycles. The summed E-state index contributed by atoms with van der Waals surface area (Å²) in [6.07, 6.45) is 1.87. The lowest BCUT2D eigenvalue weighted by molar-refractivity contribution is 0.0341. The highest BCUT2D eigenvalue weighted by atomic mass is 16.3. The molecule has 1 aromatic rings. The molecule has 2 unspecified atom stereocenters.